The number of carbonyl (C=O) groups excluding carboxylic acids is 2. The van der Waals surface area contributed by atoms with Crippen LogP contribution in [0.25, 0.3) is 0 Å². The number of anilines is 5. The molecule has 0 atom stereocenters. The number of sulfonamides is 1. The van der Waals surface area contributed by atoms with Gasteiger partial charge in [0.25, 0.3) is 0 Å². The molecule has 232 valence electrons. The first-order valence-electron chi connectivity index (χ1n) is 14.2. The molecule has 1 aromatic carbocycles. The highest BCUT2D eigenvalue weighted by atomic mass is 32.2. The number of thiazole rings is 1. The number of hydrogen-bond donors (Lipinski definition) is 4. The second-order valence-corrected chi connectivity index (χ2v) is 12.9. The molecule has 0 aliphatic carbocycles. The van der Waals surface area contributed by atoms with Gasteiger partial charge in [-0.25, -0.2) is 18.2 Å². The smallest absolute Gasteiger partial charge is 0.350 e. The molecule has 4 N–H and O–H groups in total. The Balaban J connectivity index is 1.59. The molecule has 1 aliphatic heterocycles. The third kappa shape index (κ3) is 8.76. The lowest BCUT2D eigenvalue weighted by Gasteiger charge is -2.31. The Morgan fingerprint density at radius 3 is 2.56 bits per heavy atom. The topological polar surface area (TPSA) is 168 Å². The standard InChI is InChI=1S/C28H38N8O5S2/c1-5-16-43(39,40)35-21-11-9-20(10-12-21)17-36-15-7-8-22-24(30-14-13-29-19(4)37)32-27(33-25(22)36)34-28-31-18(3)23(42-28)26(38)41-6-2/h9-12,35H,5-8,13-17H2,1-4H3,(H,29,37)(H2,30,31,32,33,34). The van der Waals surface area contributed by atoms with Gasteiger partial charge in [-0.2, -0.15) is 9.97 Å². The predicted octanol–water partition coefficient (Wildman–Crippen LogP) is 3.81. The van der Waals surface area contributed by atoms with Crippen LogP contribution in [0.4, 0.5) is 28.4 Å². The molecule has 1 aliphatic rings. The van der Waals surface area contributed by atoms with Gasteiger partial charge in [0.2, 0.25) is 21.9 Å². The Kier molecular flexibility index (Phi) is 10.7. The average Bonchev–Trinajstić information content (AvgIpc) is 3.32. The van der Waals surface area contributed by atoms with Gasteiger partial charge >= 0.3 is 5.97 Å². The van der Waals surface area contributed by atoms with Crippen LogP contribution in [-0.4, -0.2) is 67.2 Å². The highest BCUT2D eigenvalue weighted by Gasteiger charge is 2.25. The van der Waals surface area contributed by atoms with Crippen molar-refractivity contribution in [3.8, 4) is 0 Å². The molecule has 3 aromatic rings. The third-order valence-corrected chi connectivity index (χ3v) is 9.03. The number of nitrogens with zero attached hydrogens (tertiary/aromatic N) is 4. The molecular formula is C28H38N8O5S2. The lowest BCUT2D eigenvalue weighted by molar-refractivity contribution is -0.118. The number of benzene rings is 1. The maximum Gasteiger partial charge on any atom is 0.350 e. The summed E-state index contributed by atoms with van der Waals surface area (Å²) >= 11 is 1.17. The number of esters is 1. The molecule has 3 heterocycles. The summed E-state index contributed by atoms with van der Waals surface area (Å²) in [6.45, 7) is 9.30. The van der Waals surface area contributed by atoms with Gasteiger partial charge in [-0.1, -0.05) is 30.4 Å². The summed E-state index contributed by atoms with van der Waals surface area (Å²) < 4.78 is 32.1. The lowest BCUT2D eigenvalue weighted by atomic mass is 10.0. The SMILES string of the molecule is CCCS(=O)(=O)Nc1ccc(CN2CCCc3c(NCCNC(C)=O)nc(Nc4nc(C)c(C(=O)OCC)s4)nc32)cc1. The zero-order chi connectivity index (χ0) is 31.0. The minimum absolute atomic E-state index is 0.0707. The van der Waals surface area contributed by atoms with E-state index in [1.807, 2.05) is 19.1 Å². The zero-order valence-electron chi connectivity index (χ0n) is 24.8. The van der Waals surface area contributed by atoms with Crippen molar-refractivity contribution < 1.29 is 22.7 Å². The quantitative estimate of drug-likeness (QED) is 0.151. The zero-order valence-corrected chi connectivity index (χ0v) is 26.5. The molecular weight excluding hydrogens is 592 g/mol. The van der Waals surface area contributed by atoms with Crippen LogP contribution >= 0.6 is 11.3 Å². The second-order valence-electron chi connectivity index (χ2n) is 10.0. The van der Waals surface area contributed by atoms with E-state index in [2.05, 4.69) is 30.6 Å². The summed E-state index contributed by atoms with van der Waals surface area (Å²) in [5.74, 6) is 1.27. The number of amides is 1. The van der Waals surface area contributed by atoms with Crippen LogP contribution in [0.3, 0.4) is 0 Å². The first-order valence-corrected chi connectivity index (χ1v) is 16.7. The van der Waals surface area contributed by atoms with Crippen LogP contribution in [-0.2, 0) is 32.5 Å². The summed E-state index contributed by atoms with van der Waals surface area (Å²) in [7, 11) is -3.37. The predicted molar refractivity (Wildman–Crippen MR) is 169 cm³/mol. The first-order chi connectivity index (χ1) is 20.6. The van der Waals surface area contributed by atoms with E-state index >= 15 is 0 Å². The average molecular weight is 631 g/mol. The number of ether oxygens (including phenoxy) is 1. The van der Waals surface area contributed by atoms with E-state index in [1.165, 1.54) is 18.3 Å². The monoisotopic (exact) mass is 630 g/mol. The molecule has 1 amide bonds. The summed E-state index contributed by atoms with van der Waals surface area (Å²) in [6.07, 6.45) is 2.21. The number of aryl methyl sites for hydroxylation is 1. The van der Waals surface area contributed by atoms with Gasteiger partial charge in [-0.05, 0) is 50.8 Å². The lowest BCUT2D eigenvalue weighted by Crippen LogP contribution is -2.32. The summed E-state index contributed by atoms with van der Waals surface area (Å²) in [5, 5.41) is 9.75. The van der Waals surface area contributed by atoms with Crippen molar-refractivity contribution in [3.05, 3.63) is 46.0 Å². The van der Waals surface area contributed by atoms with Crippen molar-refractivity contribution in [2.24, 2.45) is 0 Å². The highest BCUT2D eigenvalue weighted by molar-refractivity contribution is 7.92. The van der Waals surface area contributed by atoms with Gasteiger partial charge in [0.05, 0.1) is 18.1 Å². The van der Waals surface area contributed by atoms with Gasteiger partial charge < -0.3 is 20.3 Å². The Labute approximate surface area is 255 Å². The van der Waals surface area contributed by atoms with Crippen molar-refractivity contribution in [1.29, 1.82) is 0 Å². The Hall–Kier alpha value is -3.98. The van der Waals surface area contributed by atoms with E-state index in [0.717, 1.165) is 36.3 Å². The van der Waals surface area contributed by atoms with Crippen LogP contribution in [0.2, 0.25) is 0 Å². The minimum Gasteiger partial charge on any atom is -0.462 e. The molecule has 0 bridgehead atoms. The van der Waals surface area contributed by atoms with Crippen molar-refractivity contribution in [1.82, 2.24) is 20.3 Å². The molecule has 15 heteroatoms. The Bertz CT molecular complexity index is 1540. The van der Waals surface area contributed by atoms with Crippen LogP contribution < -0.4 is 25.6 Å². The van der Waals surface area contributed by atoms with Crippen molar-refractivity contribution in [3.63, 3.8) is 0 Å². The van der Waals surface area contributed by atoms with Crippen molar-refractivity contribution in [2.45, 2.75) is 53.5 Å². The fraction of sp³-hybridized carbons (Fsp3) is 0.464. The number of hydrogen-bond acceptors (Lipinski definition) is 12. The van der Waals surface area contributed by atoms with E-state index in [-0.39, 0.29) is 18.3 Å². The highest BCUT2D eigenvalue weighted by Crippen LogP contribution is 2.34. The molecule has 0 unspecified atom stereocenters. The van der Waals surface area contributed by atoms with Gasteiger partial charge in [0.15, 0.2) is 5.13 Å². The van der Waals surface area contributed by atoms with Crippen molar-refractivity contribution >= 4 is 61.6 Å². The molecule has 0 saturated carbocycles. The summed E-state index contributed by atoms with van der Waals surface area (Å²) in [6, 6.07) is 7.34. The Morgan fingerprint density at radius 1 is 1.09 bits per heavy atom. The summed E-state index contributed by atoms with van der Waals surface area (Å²) in [5.41, 5.74) is 3.04. The van der Waals surface area contributed by atoms with Crippen molar-refractivity contribution in [2.75, 3.05) is 52.2 Å². The van der Waals surface area contributed by atoms with Crippen LogP contribution in [0.5, 0.6) is 0 Å². The molecule has 0 spiro atoms. The van der Waals surface area contributed by atoms with E-state index in [4.69, 9.17) is 14.7 Å². The summed E-state index contributed by atoms with van der Waals surface area (Å²) in [4.78, 5) is 40.3. The molecule has 13 nitrogen and oxygen atoms in total. The fourth-order valence-electron chi connectivity index (χ4n) is 4.62. The Morgan fingerprint density at radius 2 is 1.86 bits per heavy atom. The molecule has 4 rings (SSSR count). The molecule has 2 aromatic heterocycles. The fourth-order valence-corrected chi connectivity index (χ4v) is 6.61. The van der Waals surface area contributed by atoms with E-state index < -0.39 is 16.0 Å². The van der Waals surface area contributed by atoms with E-state index in [1.54, 1.807) is 26.0 Å². The molecule has 0 fully saturated rings. The maximum atomic E-state index is 12.3. The molecule has 0 radical (unpaired) electrons. The van der Waals surface area contributed by atoms with E-state index in [0.29, 0.717) is 59.2 Å². The number of carbonyl (C=O) groups is 2. The largest absolute Gasteiger partial charge is 0.462 e. The van der Waals surface area contributed by atoms with Gasteiger partial charge in [0, 0.05) is 44.4 Å². The van der Waals surface area contributed by atoms with E-state index in [9.17, 15) is 18.0 Å². The number of rotatable bonds is 14. The van der Waals surface area contributed by atoms with Gasteiger partial charge in [0.1, 0.15) is 16.5 Å². The molecule has 43 heavy (non-hydrogen) atoms. The third-order valence-electron chi connectivity index (χ3n) is 6.48. The van der Waals surface area contributed by atoms with Gasteiger partial charge in [-0.15, -0.1) is 0 Å². The second kappa shape index (κ2) is 14.5. The maximum absolute atomic E-state index is 12.3. The normalized spacial score (nSPS) is 12.8. The van der Waals surface area contributed by atoms with Gasteiger partial charge in [-0.3, -0.25) is 14.8 Å². The van der Waals surface area contributed by atoms with Crippen LogP contribution in [0, 0.1) is 6.92 Å². The molecule has 0 saturated heterocycles. The van der Waals surface area contributed by atoms with Crippen LogP contribution in [0.1, 0.15) is 60.1 Å². The minimum atomic E-state index is -3.37. The number of fused-ring (bicyclic) bond motifs is 1. The number of aromatic nitrogens is 3. The first kappa shape index (κ1) is 31.9. The number of nitrogens with one attached hydrogen (secondary N) is 4. The van der Waals surface area contributed by atoms with Crippen LogP contribution in [0.15, 0.2) is 24.3 Å².